The quantitative estimate of drug-likeness (QED) is 0.805. The van der Waals surface area contributed by atoms with Crippen molar-refractivity contribution in [2.45, 2.75) is 24.8 Å². The summed E-state index contributed by atoms with van der Waals surface area (Å²) >= 11 is 5.71. The minimum Gasteiger partial charge on any atom is -0.381 e. The van der Waals surface area contributed by atoms with E-state index in [1.54, 1.807) is 17.1 Å². The summed E-state index contributed by atoms with van der Waals surface area (Å²) in [5, 5.41) is 8.60. The number of alkyl halides is 1. The fourth-order valence-electron chi connectivity index (χ4n) is 2.28. The summed E-state index contributed by atoms with van der Waals surface area (Å²) in [6, 6.07) is 1.83. The third-order valence-electron chi connectivity index (χ3n) is 3.42. The molecule has 0 atom stereocenters. The van der Waals surface area contributed by atoms with Crippen LogP contribution in [-0.4, -0.2) is 32.8 Å². The van der Waals surface area contributed by atoms with E-state index in [0.717, 1.165) is 31.7 Å². The average molecular weight is 295 g/mol. The lowest BCUT2D eigenvalue weighted by Crippen LogP contribution is -2.19. The molecule has 1 saturated heterocycles. The summed E-state index contributed by atoms with van der Waals surface area (Å²) in [5.74, 6) is 0.105. The third kappa shape index (κ3) is 2.62. The molecule has 0 spiro atoms. The zero-order chi connectivity index (χ0) is 13.9. The molecule has 0 N–H and O–H groups in total. The topological polar surface area (TPSA) is 61.9 Å². The number of aromatic nitrogens is 4. The molecular weight excluding hydrogens is 280 g/mol. The minimum atomic E-state index is -0.145. The number of hydrogen-bond acceptors (Lipinski definition) is 4. The minimum absolute atomic E-state index is 0.105. The number of rotatable bonds is 3. The van der Waals surface area contributed by atoms with Crippen LogP contribution in [0.5, 0.6) is 0 Å². The van der Waals surface area contributed by atoms with Gasteiger partial charge >= 0.3 is 0 Å². The molecule has 7 heteroatoms. The first-order valence-electron chi connectivity index (χ1n) is 6.55. The van der Waals surface area contributed by atoms with Crippen LogP contribution in [0.4, 0.5) is 0 Å². The lowest BCUT2D eigenvalue weighted by atomic mass is 10.1. The van der Waals surface area contributed by atoms with Gasteiger partial charge in [0.05, 0.1) is 24.3 Å². The Kier molecular flexibility index (Phi) is 3.84. The van der Waals surface area contributed by atoms with E-state index in [1.165, 1.54) is 6.07 Å². The monoisotopic (exact) mass is 294 g/mol. The molecule has 0 unspecified atom stereocenters. The van der Waals surface area contributed by atoms with Crippen molar-refractivity contribution < 1.29 is 4.74 Å². The van der Waals surface area contributed by atoms with Crippen LogP contribution in [0.2, 0.25) is 0 Å². The number of ether oxygens (including phenoxy) is 1. The summed E-state index contributed by atoms with van der Waals surface area (Å²) in [6.45, 7) is 1.54. The van der Waals surface area contributed by atoms with Crippen molar-refractivity contribution in [1.82, 2.24) is 19.6 Å². The Hall–Kier alpha value is -1.66. The summed E-state index contributed by atoms with van der Waals surface area (Å²) in [7, 11) is 0. The number of hydrogen-bond donors (Lipinski definition) is 0. The largest absolute Gasteiger partial charge is 0.381 e. The molecule has 3 rings (SSSR count). The van der Waals surface area contributed by atoms with Crippen molar-refractivity contribution in [3.8, 4) is 5.69 Å². The van der Waals surface area contributed by atoms with Crippen LogP contribution in [0.25, 0.3) is 5.69 Å². The molecule has 1 aliphatic heterocycles. The van der Waals surface area contributed by atoms with Gasteiger partial charge in [-0.1, -0.05) is 0 Å². The highest BCUT2D eigenvalue weighted by molar-refractivity contribution is 6.16. The van der Waals surface area contributed by atoms with E-state index >= 15 is 0 Å². The van der Waals surface area contributed by atoms with Crippen molar-refractivity contribution in [2.75, 3.05) is 13.2 Å². The molecule has 2 aromatic heterocycles. The average Bonchev–Trinajstić information content (AvgIpc) is 2.98. The highest BCUT2D eigenvalue weighted by Crippen LogP contribution is 2.20. The number of halogens is 1. The van der Waals surface area contributed by atoms with E-state index in [1.807, 2.05) is 10.9 Å². The van der Waals surface area contributed by atoms with Crippen molar-refractivity contribution in [1.29, 1.82) is 0 Å². The van der Waals surface area contributed by atoms with Gasteiger partial charge < -0.3 is 4.74 Å². The highest BCUT2D eigenvalue weighted by atomic mass is 35.5. The van der Waals surface area contributed by atoms with Gasteiger partial charge in [0.15, 0.2) is 0 Å². The van der Waals surface area contributed by atoms with Gasteiger partial charge in [0.2, 0.25) is 5.43 Å². The molecule has 6 nitrogen and oxygen atoms in total. The van der Waals surface area contributed by atoms with Crippen LogP contribution in [0.3, 0.4) is 0 Å². The van der Waals surface area contributed by atoms with E-state index in [-0.39, 0.29) is 11.3 Å². The summed E-state index contributed by atoms with van der Waals surface area (Å²) in [5.41, 5.74) is 1.02. The second-order valence-corrected chi connectivity index (χ2v) is 4.99. The first-order valence-corrected chi connectivity index (χ1v) is 7.08. The lowest BCUT2D eigenvalue weighted by molar-refractivity contribution is 0.0662. The molecule has 0 radical (unpaired) electrons. The van der Waals surface area contributed by atoms with Gasteiger partial charge in [-0.15, -0.1) is 11.6 Å². The zero-order valence-electron chi connectivity index (χ0n) is 10.9. The SMILES string of the molecule is O=c1ccn(-c2cnn(C3CCOCC3)c2)nc1CCl. The molecule has 0 bridgehead atoms. The molecule has 0 amide bonds. The molecule has 0 aromatic carbocycles. The highest BCUT2D eigenvalue weighted by Gasteiger charge is 2.16. The van der Waals surface area contributed by atoms with E-state index in [4.69, 9.17) is 16.3 Å². The van der Waals surface area contributed by atoms with Crippen molar-refractivity contribution in [3.05, 3.63) is 40.6 Å². The molecule has 106 valence electrons. The normalized spacial score (nSPS) is 16.4. The molecule has 1 fully saturated rings. The standard InChI is InChI=1S/C13H15ClN4O2/c14-7-12-13(19)1-4-17(16-12)11-8-15-18(9-11)10-2-5-20-6-3-10/h1,4,8-10H,2-3,5-7H2. The molecule has 0 saturated carbocycles. The van der Waals surface area contributed by atoms with Crippen LogP contribution in [0, 0.1) is 0 Å². The van der Waals surface area contributed by atoms with Crippen molar-refractivity contribution in [3.63, 3.8) is 0 Å². The van der Waals surface area contributed by atoms with Crippen LogP contribution in [-0.2, 0) is 10.6 Å². The summed E-state index contributed by atoms with van der Waals surface area (Å²) in [4.78, 5) is 11.5. The maximum Gasteiger partial charge on any atom is 0.204 e. The van der Waals surface area contributed by atoms with Crippen LogP contribution in [0.1, 0.15) is 24.6 Å². The van der Waals surface area contributed by atoms with Gasteiger partial charge in [-0.3, -0.25) is 9.48 Å². The third-order valence-corrected chi connectivity index (χ3v) is 3.68. The van der Waals surface area contributed by atoms with Gasteiger partial charge in [0.25, 0.3) is 0 Å². The molecule has 20 heavy (non-hydrogen) atoms. The Morgan fingerprint density at radius 1 is 1.40 bits per heavy atom. The smallest absolute Gasteiger partial charge is 0.204 e. The summed E-state index contributed by atoms with van der Waals surface area (Å²) in [6.07, 6.45) is 7.23. The molecule has 0 aliphatic carbocycles. The van der Waals surface area contributed by atoms with Crippen molar-refractivity contribution >= 4 is 11.6 Å². The fraction of sp³-hybridized carbons (Fsp3) is 0.462. The Morgan fingerprint density at radius 2 is 2.20 bits per heavy atom. The van der Waals surface area contributed by atoms with E-state index in [9.17, 15) is 4.79 Å². The zero-order valence-corrected chi connectivity index (χ0v) is 11.7. The lowest BCUT2D eigenvalue weighted by Gasteiger charge is -2.22. The van der Waals surface area contributed by atoms with Gasteiger partial charge in [0, 0.05) is 25.5 Å². The first-order chi connectivity index (χ1) is 9.78. The van der Waals surface area contributed by atoms with Gasteiger partial charge in [-0.25, -0.2) is 4.68 Å². The van der Waals surface area contributed by atoms with Gasteiger partial charge in [-0.05, 0) is 12.8 Å². The fourth-order valence-corrected chi connectivity index (χ4v) is 2.46. The second-order valence-electron chi connectivity index (χ2n) is 4.73. The van der Waals surface area contributed by atoms with Gasteiger partial charge in [-0.2, -0.15) is 10.2 Å². The second kappa shape index (κ2) is 5.76. The van der Waals surface area contributed by atoms with E-state index < -0.39 is 0 Å². The Bertz CT molecular complexity index is 646. The molecule has 3 heterocycles. The molecule has 2 aromatic rings. The van der Waals surface area contributed by atoms with Crippen LogP contribution < -0.4 is 5.43 Å². The molecular formula is C13H15ClN4O2. The maximum atomic E-state index is 11.5. The van der Waals surface area contributed by atoms with Crippen LogP contribution in [0.15, 0.2) is 29.5 Å². The number of nitrogens with zero attached hydrogens (tertiary/aromatic N) is 4. The first kappa shape index (κ1) is 13.3. The van der Waals surface area contributed by atoms with Gasteiger partial charge in [0.1, 0.15) is 11.4 Å². The van der Waals surface area contributed by atoms with Crippen LogP contribution >= 0.6 is 11.6 Å². The van der Waals surface area contributed by atoms with Crippen molar-refractivity contribution in [2.24, 2.45) is 0 Å². The predicted molar refractivity (Wildman–Crippen MR) is 74.3 cm³/mol. The maximum absolute atomic E-state index is 11.5. The predicted octanol–water partition coefficient (Wildman–Crippen LogP) is 1.52. The molecule has 1 aliphatic rings. The van der Waals surface area contributed by atoms with E-state index in [0.29, 0.717) is 11.7 Å². The Labute approximate surface area is 120 Å². The summed E-state index contributed by atoms with van der Waals surface area (Å²) < 4.78 is 8.92. The Balaban J connectivity index is 1.87. The Morgan fingerprint density at radius 3 is 2.95 bits per heavy atom. The van der Waals surface area contributed by atoms with E-state index in [2.05, 4.69) is 10.2 Å².